The molecule has 0 fully saturated rings. The first-order chi connectivity index (χ1) is 20.5. The monoisotopic (exact) mass is 616 g/mol. The van der Waals surface area contributed by atoms with E-state index in [0.717, 1.165) is 4.57 Å². The van der Waals surface area contributed by atoms with Crippen molar-refractivity contribution < 1.29 is 23.4 Å². The van der Waals surface area contributed by atoms with E-state index in [-0.39, 0.29) is 37.5 Å². The highest BCUT2D eigenvalue weighted by Crippen LogP contribution is 2.34. The lowest BCUT2D eigenvalue weighted by atomic mass is 9.96. The van der Waals surface area contributed by atoms with Gasteiger partial charge in [0.05, 0.1) is 44.6 Å². The number of fused-ring (bicyclic) bond motifs is 1. The lowest BCUT2D eigenvalue weighted by Crippen LogP contribution is -2.57. The molecule has 2 atom stereocenters. The van der Waals surface area contributed by atoms with Crippen LogP contribution in [0.5, 0.6) is 5.75 Å². The standard InChI is InChI=1S/C29H37FN6O6S/c1-8-29(4,27(38)33(5)9-2)35-24(37)23-18(3)25(36-31-12-13-32-36)43-26(23)34(28(35)39)17-22(42-15-14-40-6)20-16-19(30)10-11-21(20)41-7/h10-13,16,22H,8-9,14-15,17H2,1-7H3/t22-,29?/m0/s1. The number of rotatable bonds is 13. The first-order valence-corrected chi connectivity index (χ1v) is 14.7. The fourth-order valence-corrected chi connectivity index (χ4v) is 6.26. The molecule has 0 spiro atoms. The van der Waals surface area contributed by atoms with Crippen molar-refractivity contribution in [3.63, 3.8) is 0 Å². The van der Waals surface area contributed by atoms with Crippen LogP contribution in [-0.4, -0.2) is 76.0 Å². The van der Waals surface area contributed by atoms with Crippen molar-refractivity contribution in [3.05, 3.63) is 68.4 Å². The van der Waals surface area contributed by atoms with Crippen molar-refractivity contribution in [2.45, 2.75) is 52.3 Å². The maximum Gasteiger partial charge on any atom is 0.333 e. The number of carbonyl (C=O) groups excluding carboxylic acids is 1. The second-order valence-corrected chi connectivity index (χ2v) is 11.2. The summed E-state index contributed by atoms with van der Waals surface area (Å²) in [5.41, 5.74) is -1.85. The molecule has 1 aromatic carbocycles. The SMILES string of the molecule is CCN(C)C(=O)C(C)(CC)n1c(=O)c2c(C)c(-n3nccn3)sc2n(C[C@H](OCCOC)c2cc(F)ccc2OC)c1=O. The molecule has 0 aliphatic rings. The van der Waals surface area contributed by atoms with Crippen molar-refractivity contribution in [3.8, 4) is 10.8 Å². The summed E-state index contributed by atoms with van der Waals surface area (Å²) in [6, 6.07) is 4.05. The number of nitrogens with zero attached hydrogens (tertiary/aromatic N) is 6. The molecular weight excluding hydrogens is 579 g/mol. The summed E-state index contributed by atoms with van der Waals surface area (Å²) >= 11 is 1.17. The first kappa shape index (κ1) is 32.0. The second-order valence-electron chi connectivity index (χ2n) is 10.2. The molecule has 14 heteroatoms. The van der Waals surface area contributed by atoms with Gasteiger partial charge in [-0.3, -0.25) is 14.2 Å². The van der Waals surface area contributed by atoms with Crippen LogP contribution in [0, 0.1) is 12.7 Å². The predicted molar refractivity (Wildman–Crippen MR) is 161 cm³/mol. The number of likely N-dealkylation sites (N-methyl/N-ethyl adjacent to an activating group) is 1. The Bertz CT molecular complexity index is 1720. The Hall–Kier alpha value is -3.88. The number of amides is 1. The number of aromatic nitrogens is 5. The topological polar surface area (TPSA) is 123 Å². The summed E-state index contributed by atoms with van der Waals surface area (Å²) < 4.78 is 33.8. The van der Waals surface area contributed by atoms with Crippen LogP contribution in [0.15, 0.2) is 40.2 Å². The zero-order valence-electron chi connectivity index (χ0n) is 25.4. The van der Waals surface area contributed by atoms with Crippen molar-refractivity contribution >= 4 is 27.5 Å². The second kappa shape index (κ2) is 13.2. The molecular formula is C29H37FN6O6S. The van der Waals surface area contributed by atoms with Crippen LogP contribution in [0.4, 0.5) is 4.39 Å². The normalized spacial score (nSPS) is 13.7. The summed E-state index contributed by atoms with van der Waals surface area (Å²) in [7, 11) is 4.62. The molecule has 0 aliphatic heterocycles. The van der Waals surface area contributed by atoms with E-state index in [1.807, 2.05) is 6.92 Å². The molecule has 4 aromatic rings. The molecule has 0 N–H and O–H groups in total. The summed E-state index contributed by atoms with van der Waals surface area (Å²) in [4.78, 5) is 45.7. The number of hydrogen-bond donors (Lipinski definition) is 0. The van der Waals surface area contributed by atoms with E-state index >= 15 is 0 Å². The van der Waals surface area contributed by atoms with Gasteiger partial charge in [-0.1, -0.05) is 18.3 Å². The maximum absolute atomic E-state index is 14.5. The molecule has 3 aromatic heterocycles. The van der Waals surface area contributed by atoms with E-state index in [4.69, 9.17) is 14.2 Å². The molecule has 1 amide bonds. The van der Waals surface area contributed by atoms with E-state index in [1.165, 1.54) is 70.4 Å². The number of halogens is 1. The minimum absolute atomic E-state index is 0.122. The predicted octanol–water partition coefficient (Wildman–Crippen LogP) is 3.27. The molecule has 43 heavy (non-hydrogen) atoms. The summed E-state index contributed by atoms with van der Waals surface area (Å²) in [6.45, 7) is 7.58. The van der Waals surface area contributed by atoms with Gasteiger partial charge in [0.2, 0.25) is 5.91 Å². The highest BCUT2D eigenvalue weighted by Gasteiger charge is 2.40. The van der Waals surface area contributed by atoms with Crippen molar-refractivity contribution in [2.75, 3.05) is 41.0 Å². The first-order valence-electron chi connectivity index (χ1n) is 13.9. The quantitative estimate of drug-likeness (QED) is 0.210. The molecule has 0 bridgehead atoms. The number of methoxy groups -OCH3 is 2. The third-order valence-electron chi connectivity index (χ3n) is 7.74. The van der Waals surface area contributed by atoms with Crippen LogP contribution >= 0.6 is 11.3 Å². The summed E-state index contributed by atoms with van der Waals surface area (Å²) in [5, 5.41) is 9.25. The Morgan fingerprint density at radius 1 is 1.16 bits per heavy atom. The summed E-state index contributed by atoms with van der Waals surface area (Å²) in [5.74, 6) is -0.517. The minimum Gasteiger partial charge on any atom is -0.496 e. The van der Waals surface area contributed by atoms with Gasteiger partial charge in [0, 0.05) is 31.8 Å². The zero-order chi connectivity index (χ0) is 31.5. The highest BCUT2D eigenvalue weighted by molar-refractivity contribution is 7.21. The fraction of sp³-hybridized carbons (Fsp3) is 0.483. The number of carbonyl (C=O) groups is 1. The van der Waals surface area contributed by atoms with Crippen LogP contribution in [-0.2, 0) is 26.4 Å². The molecule has 12 nitrogen and oxygen atoms in total. The fourth-order valence-electron chi connectivity index (χ4n) is 5.04. The summed E-state index contributed by atoms with van der Waals surface area (Å²) in [6.07, 6.45) is 2.32. The molecule has 232 valence electrons. The molecule has 0 saturated heterocycles. The zero-order valence-corrected chi connectivity index (χ0v) is 26.2. The lowest BCUT2D eigenvalue weighted by Gasteiger charge is -2.33. The lowest BCUT2D eigenvalue weighted by molar-refractivity contribution is -0.139. The Labute approximate surface area is 252 Å². The van der Waals surface area contributed by atoms with Gasteiger partial charge in [0.1, 0.15) is 33.0 Å². The minimum atomic E-state index is -1.49. The van der Waals surface area contributed by atoms with E-state index in [9.17, 15) is 18.8 Å². The number of aryl methyl sites for hydroxylation is 1. The molecule has 4 rings (SSSR count). The van der Waals surface area contributed by atoms with Gasteiger partial charge in [0.15, 0.2) is 0 Å². The number of ether oxygens (including phenoxy) is 3. The smallest absolute Gasteiger partial charge is 0.333 e. The van der Waals surface area contributed by atoms with Gasteiger partial charge in [0.25, 0.3) is 5.56 Å². The molecule has 0 radical (unpaired) electrons. The molecule has 1 unspecified atom stereocenters. The average Bonchev–Trinajstić information content (AvgIpc) is 3.65. The van der Waals surface area contributed by atoms with Crippen molar-refractivity contribution in [2.24, 2.45) is 0 Å². The van der Waals surface area contributed by atoms with Gasteiger partial charge in [-0.05, 0) is 45.4 Å². The van der Waals surface area contributed by atoms with Crippen LogP contribution in [0.3, 0.4) is 0 Å². The Balaban J connectivity index is 2.06. The highest BCUT2D eigenvalue weighted by atomic mass is 32.1. The number of thiophene rings is 1. The van der Waals surface area contributed by atoms with Gasteiger partial charge < -0.3 is 19.1 Å². The molecule has 0 saturated carbocycles. The largest absolute Gasteiger partial charge is 0.496 e. The van der Waals surface area contributed by atoms with E-state index < -0.39 is 28.7 Å². The third-order valence-corrected chi connectivity index (χ3v) is 9.03. The van der Waals surface area contributed by atoms with Gasteiger partial charge >= 0.3 is 5.69 Å². The van der Waals surface area contributed by atoms with Gasteiger partial charge in [-0.15, -0.1) is 4.80 Å². The Morgan fingerprint density at radius 2 is 1.86 bits per heavy atom. The van der Waals surface area contributed by atoms with Crippen molar-refractivity contribution in [1.29, 1.82) is 0 Å². The Morgan fingerprint density at radius 3 is 2.47 bits per heavy atom. The maximum atomic E-state index is 14.5. The Kier molecular flexibility index (Phi) is 9.82. The average molecular weight is 617 g/mol. The van der Waals surface area contributed by atoms with E-state index in [2.05, 4.69) is 10.2 Å². The van der Waals surface area contributed by atoms with E-state index in [0.29, 0.717) is 33.3 Å². The van der Waals surface area contributed by atoms with Gasteiger partial charge in [-0.25, -0.2) is 13.8 Å². The molecule has 0 aliphatic carbocycles. The number of benzene rings is 1. The third kappa shape index (κ3) is 5.86. The van der Waals surface area contributed by atoms with Crippen LogP contribution in [0.25, 0.3) is 15.2 Å². The van der Waals surface area contributed by atoms with Gasteiger partial charge in [-0.2, -0.15) is 10.2 Å². The van der Waals surface area contributed by atoms with Crippen molar-refractivity contribution in [1.82, 2.24) is 29.0 Å². The van der Waals surface area contributed by atoms with Crippen LogP contribution < -0.4 is 16.0 Å². The number of hydrogen-bond acceptors (Lipinski definition) is 9. The van der Waals surface area contributed by atoms with Crippen LogP contribution in [0.2, 0.25) is 0 Å². The van der Waals surface area contributed by atoms with E-state index in [1.54, 1.807) is 27.8 Å². The van der Waals surface area contributed by atoms with Crippen LogP contribution in [0.1, 0.15) is 44.4 Å². The molecule has 3 heterocycles.